The molecule has 0 radical (unpaired) electrons. The first-order valence-electron chi connectivity index (χ1n) is 7.69. The highest BCUT2D eigenvalue weighted by atomic mass is 35.5. The highest BCUT2D eigenvalue weighted by molar-refractivity contribution is 7.99. The van der Waals surface area contributed by atoms with Crippen LogP contribution < -0.4 is 5.32 Å². The molecule has 4 nitrogen and oxygen atoms in total. The van der Waals surface area contributed by atoms with Crippen LogP contribution in [0, 0.1) is 11.6 Å². The van der Waals surface area contributed by atoms with Gasteiger partial charge in [0, 0.05) is 15.7 Å². The van der Waals surface area contributed by atoms with Gasteiger partial charge in [-0.15, -0.1) is 11.8 Å². The third-order valence-corrected chi connectivity index (χ3v) is 4.54. The van der Waals surface area contributed by atoms with E-state index < -0.39 is 35.3 Å². The lowest BCUT2D eigenvalue weighted by Crippen LogP contribution is -2.30. The average Bonchev–Trinajstić information content (AvgIpc) is 2.59. The first-order valence-corrected chi connectivity index (χ1v) is 9.06. The Balaban J connectivity index is 1.78. The Morgan fingerprint density at radius 2 is 1.77 bits per heavy atom. The maximum atomic E-state index is 13.5. The summed E-state index contributed by atoms with van der Waals surface area (Å²) in [5.41, 5.74) is -0.571. The number of esters is 1. The number of halogens is 3. The number of carbonyl (C=O) groups is 2. The number of carbonyl (C=O) groups excluding carboxylic acids is 2. The Hall–Kier alpha value is -2.12. The lowest BCUT2D eigenvalue weighted by Gasteiger charge is -2.14. The predicted octanol–water partition coefficient (Wildman–Crippen LogP) is 4.67. The fourth-order valence-corrected chi connectivity index (χ4v) is 2.89. The van der Waals surface area contributed by atoms with Crippen LogP contribution >= 0.6 is 23.4 Å². The molecule has 2 rings (SSSR count). The van der Waals surface area contributed by atoms with Gasteiger partial charge in [0.05, 0.1) is 6.42 Å². The molecule has 0 saturated carbocycles. The van der Waals surface area contributed by atoms with Crippen LogP contribution in [0.1, 0.15) is 13.3 Å². The molecular formula is C18H16ClF2NO3S. The largest absolute Gasteiger partial charge is 0.453 e. The second-order valence-electron chi connectivity index (χ2n) is 5.27. The van der Waals surface area contributed by atoms with Crippen molar-refractivity contribution in [2.75, 3.05) is 11.1 Å². The minimum absolute atomic E-state index is 0.0823. The zero-order chi connectivity index (χ0) is 19.1. The molecule has 1 atom stereocenters. The van der Waals surface area contributed by atoms with E-state index in [-0.39, 0.29) is 6.42 Å². The molecule has 26 heavy (non-hydrogen) atoms. The van der Waals surface area contributed by atoms with Gasteiger partial charge in [0.2, 0.25) is 0 Å². The fraction of sp³-hybridized carbons (Fsp3) is 0.222. The number of hydrogen-bond acceptors (Lipinski definition) is 4. The predicted molar refractivity (Wildman–Crippen MR) is 97.3 cm³/mol. The summed E-state index contributed by atoms with van der Waals surface area (Å²) in [4.78, 5) is 24.7. The summed E-state index contributed by atoms with van der Waals surface area (Å²) in [5, 5.41) is 2.71. The van der Waals surface area contributed by atoms with Crippen molar-refractivity contribution in [1.82, 2.24) is 0 Å². The molecule has 138 valence electrons. The highest BCUT2D eigenvalue weighted by Crippen LogP contribution is 2.21. The van der Waals surface area contributed by atoms with E-state index >= 15 is 0 Å². The van der Waals surface area contributed by atoms with E-state index in [1.54, 1.807) is 12.1 Å². The minimum Gasteiger partial charge on any atom is -0.453 e. The number of hydrogen-bond donors (Lipinski definition) is 1. The van der Waals surface area contributed by atoms with E-state index in [2.05, 4.69) is 5.32 Å². The number of ether oxygens (including phenoxy) is 1. The van der Waals surface area contributed by atoms with Gasteiger partial charge in [-0.25, -0.2) is 8.78 Å². The van der Waals surface area contributed by atoms with Crippen molar-refractivity contribution in [2.24, 2.45) is 0 Å². The molecule has 1 amide bonds. The molecule has 0 bridgehead atoms. The monoisotopic (exact) mass is 399 g/mol. The summed E-state index contributed by atoms with van der Waals surface area (Å²) < 4.78 is 32.0. The Kier molecular flexibility index (Phi) is 7.41. The number of para-hydroxylation sites is 1. The quantitative estimate of drug-likeness (QED) is 0.543. The summed E-state index contributed by atoms with van der Waals surface area (Å²) in [6.45, 7) is 1.33. The van der Waals surface area contributed by atoms with Crippen molar-refractivity contribution in [3.05, 3.63) is 59.1 Å². The number of nitrogens with one attached hydrogen (secondary N) is 1. The van der Waals surface area contributed by atoms with Crippen molar-refractivity contribution in [1.29, 1.82) is 0 Å². The van der Waals surface area contributed by atoms with Crippen LogP contribution in [0.2, 0.25) is 5.02 Å². The van der Waals surface area contributed by atoms with E-state index in [1.165, 1.54) is 24.8 Å². The van der Waals surface area contributed by atoms with E-state index in [9.17, 15) is 18.4 Å². The Morgan fingerprint density at radius 1 is 1.15 bits per heavy atom. The molecule has 2 aromatic carbocycles. The van der Waals surface area contributed by atoms with E-state index in [1.807, 2.05) is 12.1 Å². The summed E-state index contributed by atoms with van der Waals surface area (Å²) in [5.74, 6) is -2.75. The smallest absolute Gasteiger partial charge is 0.307 e. The summed E-state index contributed by atoms with van der Waals surface area (Å²) in [6.07, 6.45) is -1.10. The first-order chi connectivity index (χ1) is 12.4. The molecular weight excluding hydrogens is 384 g/mol. The van der Waals surface area contributed by atoms with Crippen LogP contribution in [0.3, 0.4) is 0 Å². The normalized spacial score (nSPS) is 11.7. The SMILES string of the molecule is C[C@@H](OC(=O)CCSc1ccc(Cl)cc1)C(=O)Nc1c(F)cccc1F. The van der Waals surface area contributed by atoms with E-state index in [0.717, 1.165) is 17.0 Å². The van der Waals surface area contributed by atoms with Crippen molar-refractivity contribution in [3.8, 4) is 0 Å². The van der Waals surface area contributed by atoms with Crippen LogP contribution in [0.25, 0.3) is 0 Å². The number of anilines is 1. The van der Waals surface area contributed by atoms with E-state index in [4.69, 9.17) is 16.3 Å². The molecule has 0 fully saturated rings. The highest BCUT2D eigenvalue weighted by Gasteiger charge is 2.20. The summed E-state index contributed by atoms with van der Waals surface area (Å²) in [7, 11) is 0. The summed E-state index contributed by atoms with van der Waals surface area (Å²) >= 11 is 7.23. The van der Waals surface area contributed by atoms with Crippen LogP contribution in [0.5, 0.6) is 0 Å². The maximum Gasteiger partial charge on any atom is 0.307 e. The summed E-state index contributed by atoms with van der Waals surface area (Å²) in [6, 6.07) is 10.4. The molecule has 1 N–H and O–H groups in total. The second kappa shape index (κ2) is 9.54. The lowest BCUT2D eigenvalue weighted by molar-refractivity contribution is -0.152. The molecule has 0 spiro atoms. The van der Waals surface area contributed by atoms with Gasteiger partial charge in [-0.1, -0.05) is 17.7 Å². The van der Waals surface area contributed by atoms with Crippen LogP contribution in [-0.4, -0.2) is 23.7 Å². The van der Waals surface area contributed by atoms with Crippen LogP contribution in [-0.2, 0) is 14.3 Å². The standard InChI is InChI=1S/C18H16ClF2NO3S/c1-11(18(24)22-17-14(20)3-2-4-15(17)21)25-16(23)9-10-26-13-7-5-12(19)6-8-13/h2-8,11H,9-10H2,1H3,(H,22,24)/t11-/m1/s1. The van der Waals surface area contributed by atoms with Gasteiger partial charge in [0.25, 0.3) is 5.91 Å². The van der Waals surface area contributed by atoms with Gasteiger partial charge in [-0.2, -0.15) is 0 Å². The molecule has 0 aliphatic heterocycles. The molecule has 8 heteroatoms. The third kappa shape index (κ3) is 6.00. The number of amides is 1. The molecule has 0 aliphatic carbocycles. The minimum atomic E-state index is -1.18. The van der Waals surface area contributed by atoms with Gasteiger partial charge in [-0.3, -0.25) is 9.59 Å². The van der Waals surface area contributed by atoms with Gasteiger partial charge in [0.1, 0.15) is 17.3 Å². The molecule has 0 saturated heterocycles. The van der Waals surface area contributed by atoms with Gasteiger partial charge in [-0.05, 0) is 43.3 Å². The molecule has 0 unspecified atom stereocenters. The molecule has 0 heterocycles. The molecule has 0 aliphatic rings. The van der Waals surface area contributed by atoms with Crippen molar-refractivity contribution in [2.45, 2.75) is 24.3 Å². The molecule has 2 aromatic rings. The van der Waals surface area contributed by atoms with Crippen molar-refractivity contribution >= 4 is 40.9 Å². The second-order valence-corrected chi connectivity index (χ2v) is 6.88. The number of rotatable bonds is 7. The Bertz CT molecular complexity index is 766. The fourth-order valence-electron chi connectivity index (χ4n) is 1.93. The topological polar surface area (TPSA) is 55.4 Å². The van der Waals surface area contributed by atoms with Gasteiger partial charge < -0.3 is 10.1 Å². The Labute approximate surface area is 158 Å². The average molecular weight is 400 g/mol. The van der Waals surface area contributed by atoms with Crippen LogP contribution in [0.15, 0.2) is 47.4 Å². The maximum absolute atomic E-state index is 13.5. The van der Waals surface area contributed by atoms with E-state index in [0.29, 0.717) is 10.8 Å². The van der Waals surface area contributed by atoms with Crippen molar-refractivity contribution in [3.63, 3.8) is 0 Å². The zero-order valence-electron chi connectivity index (χ0n) is 13.8. The Morgan fingerprint density at radius 3 is 2.38 bits per heavy atom. The van der Waals surface area contributed by atoms with Crippen LogP contribution in [0.4, 0.5) is 14.5 Å². The third-order valence-electron chi connectivity index (χ3n) is 3.28. The van der Waals surface area contributed by atoms with Gasteiger partial charge in [0.15, 0.2) is 6.10 Å². The number of thioether (sulfide) groups is 1. The number of benzene rings is 2. The zero-order valence-corrected chi connectivity index (χ0v) is 15.4. The first kappa shape index (κ1) is 20.2. The van der Waals surface area contributed by atoms with Gasteiger partial charge >= 0.3 is 5.97 Å². The van der Waals surface area contributed by atoms with Crippen molar-refractivity contribution < 1.29 is 23.1 Å². The lowest BCUT2D eigenvalue weighted by atomic mass is 10.2. The molecule has 0 aromatic heterocycles.